The third kappa shape index (κ3) is 2.63. The van der Waals surface area contributed by atoms with E-state index < -0.39 is 0 Å². The maximum absolute atomic E-state index is 5.39. The van der Waals surface area contributed by atoms with Gasteiger partial charge in [-0.2, -0.15) is 15.0 Å². The zero-order valence-electron chi connectivity index (χ0n) is 10.6. The molecule has 1 fully saturated rings. The zero-order valence-corrected chi connectivity index (χ0v) is 10.6. The molecule has 8 heteroatoms. The van der Waals surface area contributed by atoms with Crippen LogP contribution >= 0.6 is 0 Å². The Hall–Kier alpha value is -2.22. The van der Waals surface area contributed by atoms with Crippen LogP contribution in [0.3, 0.4) is 0 Å². The van der Waals surface area contributed by atoms with Gasteiger partial charge in [-0.15, -0.1) is 0 Å². The van der Waals surface area contributed by atoms with Crippen LogP contribution < -0.4 is 16.6 Å². The van der Waals surface area contributed by atoms with Gasteiger partial charge in [-0.3, -0.25) is 9.99 Å². The number of nitrogens with zero attached hydrogens (tertiary/aromatic N) is 5. The Balaban J connectivity index is 1.88. The smallest absolute Gasteiger partial charge is 0.243 e. The first kappa shape index (κ1) is 11.8. The fraction of sp³-hybridized carbons (Fsp3) is 0.455. The van der Waals surface area contributed by atoms with E-state index in [1.54, 1.807) is 23.3 Å². The summed E-state index contributed by atoms with van der Waals surface area (Å²) in [5.74, 6) is 7.42. The van der Waals surface area contributed by atoms with Gasteiger partial charge >= 0.3 is 0 Å². The minimum Gasteiger partial charge on any atom is -0.351 e. The fourth-order valence-electron chi connectivity index (χ4n) is 1.90. The average Bonchev–Trinajstić information content (AvgIpc) is 3.13. The van der Waals surface area contributed by atoms with Crippen molar-refractivity contribution in [2.75, 3.05) is 10.7 Å². The molecule has 3 rings (SSSR count). The fourth-order valence-corrected chi connectivity index (χ4v) is 1.90. The molecule has 19 heavy (non-hydrogen) atoms. The van der Waals surface area contributed by atoms with Crippen molar-refractivity contribution in [3.63, 3.8) is 0 Å². The van der Waals surface area contributed by atoms with Crippen molar-refractivity contribution >= 4 is 11.9 Å². The summed E-state index contributed by atoms with van der Waals surface area (Å²) in [4.78, 5) is 16.7. The number of hydrogen-bond donors (Lipinski definition) is 3. The molecule has 0 aliphatic heterocycles. The highest BCUT2D eigenvalue weighted by atomic mass is 15.4. The van der Waals surface area contributed by atoms with Crippen LogP contribution in [0.4, 0.5) is 11.9 Å². The number of aromatic nitrogens is 5. The molecule has 0 spiro atoms. The van der Waals surface area contributed by atoms with Crippen LogP contribution in [0.5, 0.6) is 0 Å². The minimum atomic E-state index is 0.323. The molecule has 1 saturated carbocycles. The van der Waals surface area contributed by atoms with Crippen LogP contribution in [0.15, 0.2) is 18.7 Å². The molecular weight excluding hydrogens is 244 g/mol. The van der Waals surface area contributed by atoms with Crippen molar-refractivity contribution in [1.82, 2.24) is 24.5 Å². The van der Waals surface area contributed by atoms with Gasteiger partial charge in [0.1, 0.15) is 6.33 Å². The maximum atomic E-state index is 5.39. The Bertz CT molecular complexity index is 548. The first-order chi connectivity index (χ1) is 9.26. The minimum absolute atomic E-state index is 0.323. The molecule has 0 aromatic carbocycles. The standard InChI is InChI=1S/C11H16N8/c1-7(8-2-3-8)14-9-15-10(18-12)17-11(16-9)19-5-4-13-6-19/h4-8H,2-3,12H2,1H3,(H2,14,15,16,17,18). The summed E-state index contributed by atoms with van der Waals surface area (Å²) in [5.41, 5.74) is 2.45. The van der Waals surface area contributed by atoms with Gasteiger partial charge in [0.2, 0.25) is 17.8 Å². The van der Waals surface area contributed by atoms with Crippen LogP contribution in [0, 0.1) is 5.92 Å². The summed E-state index contributed by atoms with van der Waals surface area (Å²) >= 11 is 0. The lowest BCUT2D eigenvalue weighted by Gasteiger charge is -2.13. The van der Waals surface area contributed by atoms with Crippen molar-refractivity contribution in [3.8, 4) is 5.95 Å². The number of anilines is 2. The molecule has 0 radical (unpaired) electrons. The van der Waals surface area contributed by atoms with Gasteiger partial charge in [0.05, 0.1) is 0 Å². The molecule has 0 saturated heterocycles. The largest absolute Gasteiger partial charge is 0.351 e. The molecular formula is C11H16N8. The Morgan fingerprint density at radius 1 is 1.32 bits per heavy atom. The van der Waals surface area contributed by atoms with Crippen molar-refractivity contribution in [3.05, 3.63) is 18.7 Å². The van der Waals surface area contributed by atoms with E-state index in [0.717, 1.165) is 0 Å². The van der Waals surface area contributed by atoms with Crippen molar-refractivity contribution in [2.24, 2.45) is 11.8 Å². The zero-order chi connectivity index (χ0) is 13.2. The molecule has 0 amide bonds. The lowest BCUT2D eigenvalue weighted by molar-refractivity contribution is 0.684. The summed E-state index contributed by atoms with van der Waals surface area (Å²) in [7, 11) is 0. The Morgan fingerprint density at radius 2 is 2.11 bits per heavy atom. The average molecular weight is 260 g/mol. The van der Waals surface area contributed by atoms with Gasteiger partial charge in [-0.25, -0.2) is 10.8 Å². The van der Waals surface area contributed by atoms with E-state index in [1.165, 1.54) is 12.8 Å². The lowest BCUT2D eigenvalue weighted by Crippen LogP contribution is -2.21. The van der Waals surface area contributed by atoms with E-state index in [0.29, 0.717) is 29.8 Å². The van der Waals surface area contributed by atoms with E-state index in [2.05, 4.69) is 37.6 Å². The molecule has 100 valence electrons. The predicted octanol–water partition coefficient (Wildman–Crippen LogP) is 0.553. The molecule has 8 nitrogen and oxygen atoms in total. The van der Waals surface area contributed by atoms with Crippen molar-refractivity contribution < 1.29 is 0 Å². The van der Waals surface area contributed by atoms with Crippen LogP contribution in [-0.4, -0.2) is 30.5 Å². The highest BCUT2D eigenvalue weighted by Gasteiger charge is 2.28. The normalized spacial score (nSPS) is 16.1. The molecule has 1 atom stereocenters. The monoisotopic (exact) mass is 260 g/mol. The summed E-state index contributed by atoms with van der Waals surface area (Å²) in [6, 6.07) is 0.351. The van der Waals surface area contributed by atoms with Gasteiger partial charge in [-0.1, -0.05) is 0 Å². The summed E-state index contributed by atoms with van der Waals surface area (Å²) in [5, 5.41) is 3.29. The summed E-state index contributed by atoms with van der Waals surface area (Å²) in [6.45, 7) is 2.13. The lowest BCUT2D eigenvalue weighted by atomic mass is 10.2. The quantitative estimate of drug-likeness (QED) is 0.532. The first-order valence-electron chi connectivity index (χ1n) is 6.24. The van der Waals surface area contributed by atoms with E-state index in [1.807, 2.05) is 0 Å². The van der Waals surface area contributed by atoms with Gasteiger partial charge < -0.3 is 5.32 Å². The maximum Gasteiger partial charge on any atom is 0.243 e. The Kier molecular flexibility index (Phi) is 3.00. The van der Waals surface area contributed by atoms with E-state index in [9.17, 15) is 0 Å². The second-order valence-electron chi connectivity index (χ2n) is 4.67. The topological polar surface area (TPSA) is 107 Å². The van der Waals surface area contributed by atoms with Gasteiger partial charge in [-0.05, 0) is 25.7 Å². The summed E-state index contributed by atoms with van der Waals surface area (Å²) < 4.78 is 1.70. The second kappa shape index (κ2) is 4.81. The first-order valence-corrected chi connectivity index (χ1v) is 6.24. The van der Waals surface area contributed by atoms with Gasteiger partial charge in [0.25, 0.3) is 0 Å². The van der Waals surface area contributed by atoms with Crippen molar-refractivity contribution in [1.29, 1.82) is 0 Å². The van der Waals surface area contributed by atoms with E-state index in [4.69, 9.17) is 5.84 Å². The highest BCUT2D eigenvalue weighted by Crippen LogP contribution is 2.33. The van der Waals surface area contributed by atoms with E-state index in [-0.39, 0.29) is 0 Å². The number of hydrazine groups is 1. The van der Waals surface area contributed by atoms with Crippen LogP contribution in [0.1, 0.15) is 19.8 Å². The Labute approximate surface area is 110 Å². The number of imidazole rings is 1. The van der Waals surface area contributed by atoms with Crippen LogP contribution in [0.25, 0.3) is 5.95 Å². The molecule has 1 aliphatic carbocycles. The number of nitrogens with two attached hydrogens (primary N) is 1. The molecule has 2 aromatic rings. The predicted molar refractivity (Wildman–Crippen MR) is 70.6 cm³/mol. The molecule has 2 heterocycles. The number of hydrogen-bond acceptors (Lipinski definition) is 7. The van der Waals surface area contributed by atoms with E-state index >= 15 is 0 Å². The molecule has 1 aliphatic rings. The number of rotatable bonds is 5. The van der Waals surface area contributed by atoms with Gasteiger partial charge in [0, 0.05) is 18.4 Å². The second-order valence-corrected chi connectivity index (χ2v) is 4.67. The van der Waals surface area contributed by atoms with Crippen LogP contribution in [-0.2, 0) is 0 Å². The molecule has 1 unspecified atom stereocenters. The highest BCUT2D eigenvalue weighted by molar-refractivity contribution is 5.38. The Morgan fingerprint density at radius 3 is 2.74 bits per heavy atom. The van der Waals surface area contributed by atoms with Crippen LogP contribution in [0.2, 0.25) is 0 Å². The molecule has 4 N–H and O–H groups in total. The van der Waals surface area contributed by atoms with Crippen molar-refractivity contribution in [2.45, 2.75) is 25.8 Å². The number of nitrogen functional groups attached to an aromatic ring is 1. The summed E-state index contributed by atoms with van der Waals surface area (Å²) in [6.07, 6.45) is 7.58. The molecule has 2 aromatic heterocycles. The molecule has 0 bridgehead atoms. The van der Waals surface area contributed by atoms with Gasteiger partial charge in [0.15, 0.2) is 0 Å². The third-order valence-electron chi connectivity index (χ3n) is 3.17. The SMILES string of the molecule is CC(Nc1nc(NN)nc(-n2ccnc2)n1)C1CC1. The third-order valence-corrected chi connectivity index (χ3v) is 3.17. The number of nitrogens with one attached hydrogen (secondary N) is 2.